The van der Waals surface area contributed by atoms with Crippen LogP contribution in [0.4, 0.5) is 8.78 Å². The summed E-state index contributed by atoms with van der Waals surface area (Å²) < 4.78 is 24.8. The molecule has 0 saturated carbocycles. The van der Waals surface area contributed by atoms with E-state index in [1.54, 1.807) is 17.5 Å². The SMILES string of the molecule is Cc1nnc(-c2ccc3cnc(CC(=O)N4CCC(CCC(F)F)CC4)cc3c2)s1. The van der Waals surface area contributed by atoms with Crippen molar-refractivity contribution in [3.63, 3.8) is 0 Å². The Kier molecular flexibility index (Phi) is 6.32. The molecule has 1 aliphatic rings. The van der Waals surface area contributed by atoms with Gasteiger partial charge in [0.15, 0.2) is 0 Å². The highest BCUT2D eigenvalue weighted by Crippen LogP contribution is 2.27. The van der Waals surface area contributed by atoms with Crippen LogP contribution in [0, 0.1) is 12.8 Å². The molecule has 30 heavy (non-hydrogen) atoms. The molecule has 0 spiro atoms. The number of aromatic nitrogens is 3. The number of rotatable bonds is 6. The van der Waals surface area contributed by atoms with Gasteiger partial charge in [0.1, 0.15) is 10.0 Å². The molecule has 3 heterocycles. The summed E-state index contributed by atoms with van der Waals surface area (Å²) >= 11 is 1.55. The molecule has 1 amide bonds. The van der Waals surface area contributed by atoms with Crippen LogP contribution in [0.5, 0.6) is 0 Å². The monoisotopic (exact) mass is 430 g/mol. The number of amides is 1. The molecule has 158 valence electrons. The fourth-order valence-corrected chi connectivity index (χ4v) is 4.62. The van der Waals surface area contributed by atoms with Gasteiger partial charge in [-0.15, -0.1) is 10.2 Å². The number of halogens is 2. The first-order valence-corrected chi connectivity index (χ1v) is 11.0. The summed E-state index contributed by atoms with van der Waals surface area (Å²) in [6, 6.07) is 8.02. The molecule has 0 bridgehead atoms. The molecule has 1 fully saturated rings. The first-order chi connectivity index (χ1) is 14.5. The van der Waals surface area contributed by atoms with E-state index in [0.717, 1.165) is 44.9 Å². The molecule has 0 unspecified atom stereocenters. The third-order valence-electron chi connectivity index (χ3n) is 5.64. The minimum Gasteiger partial charge on any atom is -0.342 e. The quantitative estimate of drug-likeness (QED) is 0.559. The summed E-state index contributed by atoms with van der Waals surface area (Å²) in [5.74, 6) is 0.342. The van der Waals surface area contributed by atoms with E-state index in [2.05, 4.69) is 21.2 Å². The van der Waals surface area contributed by atoms with Crippen LogP contribution in [-0.2, 0) is 11.2 Å². The average Bonchev–Trinajstić information content (AvgIpc) is 3.18. The van der Waals surface area contributed by atoms with Gasteiger partial charge >= 0.3 is 0 Å². The first kappa shape index (κ1) is 20.8. The second-order valence-electron chi connectivity index (χ2n) is 7.83. The van der Waals surface area contributed by atoms with Crippen molar-refractivity contribution in [3.05, 3.63) is 41.2 Å². The van der Waals surface area contributed by atoms with Crippen LogP contribution in [0.15, 0.2) is 30.5 Å². The second-order valence-corrected chi connectivity index (χ2v) is 9.01. The van der Waals surface area contributed by atoms with Crippen LogP contribution >= 0.6 is 11.3 Å². The molecule has 1 aromatic carbocycles. The number of alkyl halides is 2. The number of nitrogens with zero attached hydrogens (tertiary/aromatic N) is 4. The van der Waals surface area contributed by atoms with E-state index in [4.69, 9.17) is 0 Å². The Labute approximate surface area is 178 Å². The number of benzene rings is 1. The number of piperidine rings is 1. The van der Waals surface area contributed by atoms with Crippen LogP contribution in [0.3, 0.4) is 0 Å². The van der Waals surface area contributed by atoms with Crippen LogP contribution < -0.4 is 0 Å². The zero-order chi connectivity index (χ0) is 21.1. The van der Waals surface area contributed by atoms with Crippen LogP contribution in [-0.4, -0.2) is 45.5 Å². The molecular formula is C22H24F2N4OS. The lowest BCUT2D eigenvalue weighted by Crippen LogP contribution is -2.39. The highest BCUT2D eigenvalue weighted by Gasteiger charge is 2.23. The fourth-order valence-electron chi connectivity index (χ4n) is 3.93. The Morgan fingerprint density at radius 2 is 2.00 bits per heavy atom. The lowest BCUT2D eigenvalue weighted by atomic mass is 9.92. The summed E-state index contributed by atoms with van der Waals surface area (Å²) in [5.41, 5.74) is 1.74. The van der Waals surface area contributed by atoms with Gasteiger partial charge in [0.2, 0.25) is 12.3 Å². The van der Waals surface area contributed by atoms with Gasteiger partial charge in [0, 0.05) is 36.7 Å². The van der Waals surface area contributed by atoms with Gasteiger partial charge in [-0.05, 0) is 49.6 Å². The maximum absolute atomic E-state index is 12.7. The molecule has 3 aromatic rings. The molecule has 0 N–H and O–H groups in total. The van der Waals surface area contributed by atoms with Crippen molar-refractivity contribution < 1.29 is 13.6 Å². The fraction of sp³-hybridized carbons (Fsp3) is 0.455. The lowest BCUT2D eigenvalue weighted by molar-refractivity contribution is -0.132. The van der Waals surface area contributed by atoms with Crippen LogP contribution in [0.25, 0.3) is 21.3 Å². The topological polar surface area (TPSA) is 59.0 Å². The summed E-state index contributed by atoms with van der Waals surface area (Å²) in [6.45, 7) is 3.21. The third-order valence-corrected chi connectivity index (χ3v) is 6.53. The Balaban J connectivity index is 1.40. The smallest absolute Gasteiger partial charge is 0.238 e. The van der Waals surface area contributed by atoms with Gasteiger partial charge in [-0.25, -0.2) is 8.78 Å². The number of fused-ring (bicyclic) bond motifs is 1. The summed E-state index contributed by atoms with van der Waals surface area (Å²) in [6.07, 6.45) is 1.91. The number of carbonyl (C=O) groups is 1. The summed E-state index contributed by atoms with van der Waals surface area (Å²) in [7, 11) is 0. The molecule has 0 atom stereocenters. The molecule has 4 rings (SSSR count). The predicted molar refractivity (Wildman–Crippen MR) is 114 cm³/mol. The Morgan fingerprint density at radius 3 is 2.70 bits per heavy atom. The molecule has 8 heteroatoms. The molecule has 1 aliphatic heterocycles. The van der Waals surface area contributed by atoms with Gasteiger partial charge in [-0.3, -0.25) is 9.78 Å². The number of likely N-dealkylation sites (tertiary alicyclic amines) is 1. The van der Waals surface area contributed by atoms with E-state index in [9.17, 15) is 13.6 Å². The average molecular weight is 431 g/mol. The zero-order valence-electron chi connectivity index (χ0n) is 16.9. The normalized spacial score (nSPS) is 15.3. The Hall–Kier alpha value is -2.48. The number of aryl methyl sites for hydroxylation is 1. The number of hydrogen-bond donors (Lipinski definition) is 0. The van der Waals surface area contributed by atoms with Gasteiger partial charge in [0.05, 0.1) is 12.1 Å². The van der Waals surface area contributed by atoms with Crippen LogP contribution in [0.2, 0.25) is 0 Å². The Morgan fingerprint density at radius 1 is 1.20 bits per heavy atom. The Bertz CT molecular complexity index is 1030. The molecule has 2 aromatic heterocycles. The van der Waals surface area contributed by atoms with E-state index < -0.39 is 6.43 Å². The zero-order valence-corrected chi connectivity index (χ0v) is 17.7. The van der Waals surface area contributed by atoms with E-state index in [1.807, 2.05) is 30.0 Å². The van der Waals surface area contributed by atoms with Crippen molar-refractivity contribution in [2.24, 2.45) is 5.92 Å². The predicted octanol–water partition coefficient (Wildman–Crippen LogP) is 4.89. The number of pyridine rings is 1. The van der Waals surface area contributed by atoms with Crippen molar-refractivity contribution >= 4 is 28.0 Å². The molecule has 5 nitrogen and oxygen atoms in total. The highest BCUT2D eigenvalue weighted by molar-refractivity contribution is 7.14. The molecule has 0 radical (unpaired) electrons. The molecule has 1 saturated heterocycles. The van der Waals surface area contributed by atoms with E-state index in [1.165, 1.54) is 0 Å². The summed E-state index contributed by atoms with van der Waals surface area (Å²) in [4.78, 5) is 19.0. The van der Waals surface area contributed by atoms with Crippen molar-refractivity contribution in [1.29, 1.82) is 0 Å². The van der Waals surface area contributed by atoms with Crippen molar-refractivity contribution in [2.45, 2.75) is 45.5 Å². The standard InChI is InChI=1S/C22H24F2N4OS/c1-14-26-27-22(30-14)16-3-4-17-13-25-19(11-18(17)10-16)12-21(29)28-8-6-15(7-9-28)2-5-20(23)24/h3-4,10-11,13,15,20H,2,5-9,12H2,1H3. The van der Waals surface area contributed by atoms with E-state index >= 15 is 0 Å². The third kappa shape index (κ3) is 4.98. The van der Waals surface area contributed by atoms with Gasteiger partial charge < -0.3 is 4.90 Å². The second kappa shape index (κ2) is 9.12. The van der Waals surface area contributed by atoms with E-state index in [-0.39, 0.29) is 18.7 Å². The van der Waals surface area contributed by atoms with Crippen LogP contribution in [0.1, 0.15) is 36.4 Å². The minimum atomic E-state index is -2.24. The maximum atomic E-state index is 12.7. The maximum Gasteiger partial charge on any atom is 0.238 e. The molecular weight excluding hydrogens is 406 g/mol. The van der Waals surface area contributed by atoms with Gasteiger partial charge in [-0.1, -0.05) is 23.5 Å². The molecule has 0 aliphatic carbocycles. The lowest BCUT2D eigenvalue weighted by Gasteiger charge is -2.32. The largest absolute Gasteiger partial charge is 0.342 e. The van der Waals surface area contributed by atoms with Crippen molar-refractivity contribution in [2.75, 3.05) is 13.1 Å². The van der Waals surface area contributed by atoms with Crippen molar-refractivity contribution in [3.8, 4) is 10.6 Å². The van der Waals surface area contributed by atoms with Crippen molar-refractivity contribution in [1.82, 2.24) is 20.1 Å². The number of hydrogen-bond acceptors (Lipinski definition) is 5. The van der Waals surface area contributed by atoms with Gasteiger partial charge in [0.25, 0.3) is 0 Å². The number of carbonyl (C=O) groups excluding carboxylic acids is 1. The minimum absolute atomic E-state index is 0.0434. The first-order valence-electron chi connectivity index (χ1n) is 10.2. The van der Waals surface area contributed by atoms with E-state index in [0.29, 0.717) is 25.4 Å². The highest BCUT2D eigenvalue weighted by atomic mass is 32.1. The van der Waals surface area contributed by atoms with Gasteiger partial charge in [-0.2, -0.15) is 0 Å². The summed E-state index contributed by atoms with van der Waals surface area (Å²) in [5, 5.41) is 12.1.